The Morgan fingerprint density at radius 2 is 2.08 bits per heavy atom. The number of amides is 1. The van der Waals surface area contributed by atoms with Gasteiger partial charge in [-0.25, -0.2) is 0 Å². The molecular weight excluding hydrogens is 302 g/mol. The number of hydrogen-bond acceptors (Lipinski definition) is 4. The lowest BCUT2D eigenvalue weighted by Crippen LogP contribution is -2.45. The summed E-state index contributed by atoms with van der Waals surface area (Å²) >= 11 is 0. The molecule has 3 aliphatic rings. The second-order valence-electron chi connectivity index (χ2n) is 8.33. The van der Waals surface area contributed by atoms with Crippen molar-refractivity contribution in [2.24, 2.45) is 11.3 Å². The van der Waals surface area contributed by atoms with Crippen LogP contribution in [0.25, 0.3) is 0 Å². The maximum absolute atomic E-state index is 12.4. The predicted molar refractivity (Wildman–Crippen MR) is 91.5 cm³/mol. The Morgan fingerprint density at radius 3 is 2.79 bits per heavy atom. The molecule has 132 valence electrons. The highest BCUT2D eigenvalue weighted by molar-refractivity contribution is 5.77. The Labute approximate surface area is 144 Å². The van der Waals surface area contributed by atoms with E-state index in [2.05, 4.69) is 15.0 Å². The fourth-order valence-corrected chi connectivity index (χ4v) is 4.58. The van der Waals surface area contributed by atoms with E-state index in [0.717, 1.165) is 50.6 Å². The largest absolute Gasteiger partial charge is 0.361 e. The van der Waals surface area contributed by atoms with Gasteiger partial charge < -0.3 is 9.42 Å². The lowest BCUT2D eigenvalue weighted by atomic mass is 9.79. The second-order valence-corrected chi connectivity index (χ2v) is 8.33. The summed E-state index contributed by atoms with van der Waals surface area (Å²) < 4.78 is 5.32. The molecule has 2 aliphatic heterocycles. The quantitative estimate of drug-likeness (QED) is 0.851. The van der Waals surface area contributed by atoms with E-state index in [9.17, 15) is 4.79 Å². The molecule has 1 saturated carbocycles. The van der Waals surface area contributed by atoms with Crippen LogP contribution in [0.2, 0.25) is 0 Å². The second kappa shape index (κ2) is 6.17. The molecule has 1 amide bonds. The van der Waals surface area contributed by atoms with Gasteiger partial charge in [-0.3, -0.25) is 9.69 Å². The topological polar surface area (TPSA) is 49.6 Å². The molecule has 5 nitrogen and oxygen atoms in total. The zero-order valence-electron chi connectivity index (χ0n) is 15.0. The number of rotatable bonds is 4. The number of hydrogen-bond donors (Lipinski definition) is 0. The monoisotopic (exact) mass is 331 g/mol. The van der Waals surface area contributed by atoms with Gasteiger partial charge >= 0.3 is 0 Å². The molecule has 1 spiro atoms. The Bertz CT molecular complexity index is 603. The SMILES string of the molecule is Cc1noc(C)c1CN1CCC[C@]2(CCN(C(=O)CC3CC3)C2)C1. The van der Waals surface area contributed by atoms with Crippen LogP contribution >= 0.6 is 0 Å². The number of carbonyl (C=O) groups is 1. The smallest absolute Gasteiger partial charge is 0.222 e. The van der Waals surface area contributed by atoms with Gasteiger partial charge in [-0.2, -0.15) is 0 Å². The van der Waals surface area contributed by atoms with E-state index in [4.69, 9.17) is 4.52 Å². The van der Waals surface area contributed by atoms with Gasteiger partial charge in [-0.05, 0) is 58.4 Å². The summed E-state index contributed by atoms with van der Waals surface area (Å²) in [5, 5.41) is 4.08. The molecule has 0 N–H and O–H groups in total. The van der Waals surface area contributed by atoms with Crippen LogP contribution in [0.4, 0.5) is 0 Å². The molecule has 0 bridgehead atoms. The van der Waals surface area contributed by atoms with Gasteiger partial charge in [-0.1, -0.05) is 5.16 Å². The highest BCUT2D eigenvalue weighted by Crippen LogP contribution is 2.41. The first-order valence-corrected chi connectivity index (χ1v) is 9.47. The molecule has 1 aromatic heterocycles. The number of carbonyl (C=O) groups excluding carboxylic acids is 1. The summed E-state index contributed by atoms with van der Waals surface area (Å²) in [5.74, 6) is 2.04. The number of nitrogens with zero attached hydrogens (tertiary/aromatic N) is 3. The lowest BCUT2D eigenvalue weighted by Gasteiger charge is -2.40. The molecular formula is C19H29N3O2. The summed E-state index contributed by atoms with van der Waals surface area (Å²) in [5.41, 5.74) is 2.57. The van der Waals surface area contributed by atoms with Crippen LogP contribution in [0, 0.1) is 25.2 Å². The van der Waals surface area contributed by atoms with Gasteiger partial charge in [0.15, 0.2) is 0 Å². The normalized spacial score (nSPS) is 28.0. The van der Waals surface area contributed by atoms with Gasteiger partial charge in [0.25, 0.3) is 0 Å². The minimum Gasteiger partial charge on any atom is -0.361 e. The first-order valence-electron chi connectivity index (χ1n) is 9.47. The lowest BCUT2D eigenvalue weighted by molar-refractivity contribution is -0.131. The molecule has 0 radical (unpaired) electrons. The Hall–Kier alpha value is -1.36. The van der Waals surface area contributed by atoms with E-state index < -0.39 is 0 Å². The molecule has 2 saturated heterocycles. The van der Waals surface area contributed by atoms with E-state index in [0.29, 0.717) is 17.2 Å². The van der Waals surface area contributed by atoms with E-state index in [1.165, 1.54) is 37.7 Å². The summed E-state index contributed by atoms with van der Waals surface area (Å²) in [6, 6.07) is 0. The average molecular weight is 331 g/mol. The highest BCUT2D eigenvalue weighted by atomic mass is 16.5. The number of aromatic nitrogens is 1. The average Bonchev–Trinajstić information content (AvgIpc) is 3.21. The van der Waals surface area contributed by atoms with Crippen LogP contribution in [0.15, 0.2) is 4.52 Å². The highest BCUT2D eigenvalue weighted by Gasteiger charge is 2.43. The van der Waals surface area contributed by atoms with E-state index in [-0.39, 0.29) is 0 Å². The van der Waals surface area contributed by atoms with Crippen LogP contribution in [0.1, 0.15) is 55.5 Å². The summed E-state index contributed by atoms with van der Waals surface area (Å²) in [4.78, 5) is 17.1. The molecule has 0 aromatic carbocycles. The van der Waals surface area contributed by atoms with Crippen LogP contribution in [0.3, 0.4) is 0 Å². The van der Waals surface area contributed by atoms with E-state index >= 15 is 0 Å². The van der Waals surface area contributed by atoms with Crippen LogP contribution in [-0.2, 0) is 11.3 Å². The Kier molecular flexibility index (Phi) is 4.15. The molecule has 1 aromatic rings. The molecule has 1 atom stereocenters. The van der Waals surface area contributed by atoms with Crippen molar-refractivity contribution in [2.75, 3.05) is 26.2 Å². The molecule has 3 fully saturated rings. The van der Waals surface area contributed by atoms with Crippen LogP contribution in [0.5, 0.6) is 0 Å². The predicted octanol–water partition coefficient (Wildman–Crippen LogP) is 2.91. The molecule has 24 heavy (non-hydrogen) atoms. The Balaban J connectivity index is 1.38. The molecule has 0 unspecified atom stereocenters. The first kappa shape index (κ1) is 16.1. The van der Waals surface area contributed by atoms with Crippen molar-refractivity contribution in [3.63, 3.8) is 0 Å². The molecule has 4 rings (SSSR count). The standard InChI is InChI=1S/C19H29N3O2/c1-14-17(15(2)24-20-14)11-21-8-3-6-19(12-21)7-9-22(13-19)18(23)10-16-4-5-16/h16H,3-13H2,1-2H3/t19-/m0/s1. The number of likely N-dealkylation sites (tertiary alicyclic amines) is 2. The van der Waals surface area contributed by atoms with Crippen LogP contribution in [-0.4, -0.2) is 47.0 Å². The third kappa shape index (κ3) is 3.23. The number of piperidine rings is 1. The van der Waals surface area contributed by atoms with Crippen molar-refractivity contribution in [3.05, 3.63) is 17.0 Å². The fraction of sp³-hybridized carbons (Fsp3) is 0.789. The maximum atomic E-state index is 12.4. The van der Waals surface area contributed by atoms with Crippen molar-refractivity contribution < 1.29 is 9.32 Å². The summed E-state index contributed by atoms with van der Waals surface area (Å²) in [6.45, 7) is 9.13. The minimum absolute atomic E-state index is 0.316. The number of aryl methyl sites for hydroxylation is 2. The minimum atomic E-state index is 0.316. The van der Waals surface area contributed by atoms with E-state index in [1.54, 1.807) is 0 Å². The summed E-state index contributed by atoms with van der Waals surface area (Å²) in [6.07, 6.45) is 6.97. The van der Waals surface area contributed by atoms with Gasteiger partial charge in [-0.15, -0.1) is 0 Å². The van der Waals surface area contributed by atoms with Crippen molar-refractivity contribution in [1.82, 2.24) is 15.0 Å². The van der Waals surface area contributed by atoms with Gasteiger partial charge in [0, 0.05) is 43.6 Å². The summed E-state index contributed by atoms with van der Waals surface area (Å²) in [7, 11) is 0. The van der Waals surface area contributed by atoms with Gasteiger partial charge in [0.1, 0.15) is 5.76 Å². The van der Waals surface area contributed by atoms with Crippen molar-refractivity contribution >= 4 is 5.91 Å². The van der Waals surface area contributed by atoms with Crippen molar-refractivity contribution in [1.29, 1.82) is 0 Å². The zero-order chi connectivity index (χ0) is 16.7. The molecule has 1 aliphatic carbocycles. The van der Waals surface area contributed by atoms with Crippen LogP contribution < -0.4 is 0 Å². The Morgan fingerprint density at radius 1 is 1.25 bits per heavy atom. The third-order valence-electron chi connectivity index (χ3n) is 6.25. The van der Waals surface area contributed by atoms with E-state index in [1.807, 2.05) is 13.8 Å². The zero-order valence-corrected chi connectivity index (χ0v) is 15.0. The molecule has 3 heterocycles. The molecule has 5 heteroatoms. The van der Waals surface area contributed by atoms with Gasteiger partial charge in [0.05, 0.1) is 5.69 Å². The fourth-order valence-electron chi connectivity index (χ4n) is 4.58. The third-order valence-corrected chi connectivity index (χ3v) is 6.25. The maximum Gasteiger partial charge on any atom is 0.222 e. The van der Waals surface area contributed by atoms with Gasteiger partial charge in [0.2, 0.25) is 5.91 Å². The first-order chi connectivity index (χ1) is 11.5. The van der Waals surface area contributed by atoms with Crippen molar-refractivity contribution in [3.8, 4) is 0 Å². The van der Waals surface area contributed by atoms with Crippen molar-refractivity contribution in [2.45, 2.75) is 58.9 Å².